The molecular formula is C10H9NOS2. The number of para-hydroxylation sites is 1. The summed E-state index contributed by atoms with van der Waals surface area (Å²) < 4.78 is 6.14. The lowest BCUT2D eigenvalue weighted by Crippen LogP contribution is -2.00. The number of benzene rings is 1. The zero-order chi connectivity index (χ0) is 9.97. The van der Waals surface area contributed by atoms with E-state index in [1.165, 1.54) is 4.70 Å². The van der Waals surface area contributed by atoms with Gasteiger partial charge in [-0.05, 0) is 24.4 Å². The lowest BCUT2D eigenvalue weighted by Gasteiger charge is -1.96. The third-order valence-electron chi connectivity index (χ3n) is 1.86. The Balaban J connectivity index is 2.31. The van der Waals surface area contributed by atoms with E-state index in [1.54, 1.807) is 18.4 Å². The Hall–Kier alpha value is -1.00. The molecule has 1 aromatic carbocycles. The van der Waals surface area contributed by atoms with Crippen molar-refractivity contribution in [2.24, 2.45) is 0 Å². The van der Waals surface area contributed by atoms with E-state index in [2.05, 4.69) is 11.1 Å². The lowest BCUT2D eigenvalue weighted by molar-refractivity contribution is 0.406. The van der Waals surface area contributed by atoms with Gasteiger partial charge in [0.15, 0.2) is 5.05 Å². The van der Waals surface area contributed by atoms with Gasteiger partial charge in [0, 0.05) is 0 Å². The molecule has 0 unspecified atom stereocenters. The molecule has 2 aromatic rings. The smallest absolute Gasteiger partial charge is 0.166 e. The van der Waals surface area contributed by atoms with Crippen LogP contribution in [0.25, 0.3) is 10.2 Å². The average Bonchev–Trinajstić information content (AvgIpc) is 2.59. The van der Waals surface area contributed by atoms with E-state index in [-0.39, 0.29) is 0 Å². The highest BCUT2D eigenvalue weighted by atomic mass is 32.1. The minimum atomic E-state index is 0.587. The van der Waals surface area contributed by atoms with E-state index in [0.29, 0.717) is 11.5 Å². The number of rotatable bonds is 2. The fraction of sp³-hybridized carbons (Fsp3) is 0.200. The second-order valence-electron chi connectivity index (χ2n) is 2.83. The normalized spacial score (nSPS) is 10.4. The molecule has 0 aliphatic heterocycles. The molecule has 0 radical (unpaired) electrons. The molecule has 0 bridgehead atoms. The van der Waals surface area contributed by atoms with Gasteiger partial charge in [0.2, 0.25) is 0 Å². The first-order valence-corrected chi connectivity index (χ1v) is 5.43. The van der Waals surface area contributed by atoms with Gasteiger partial charge in [-0.3, -0.25) is 0 Å². The van der Waals surface area contributed by atoms with Crippen molar-refractivity contribution in [3.63, 3.8) is 0 Å². The van der Waals surface area contributed by atoms with E-state index in [9.17, 15) is 0 Å². The van der Waals surface area contributed by atoms with Crippen LogP contribution in [0, 0.1) is 0 Å². The number of thiocarbonyl (C=S) groups is 1. The fourth-order valence-electron chi connectivity index (χ4n) is 1.19. The standard InChI is InChI=1S/C10H9NOS2/c1-12-10(13)6-9-11-7-4-2-3-5-8(7)14-9/h2-5H,6H2,1H3. The van der Waals surface area contributed by atoms with Crippen molar-refractivity contribution in [1.82, 2.24) is 4.98 Å². The van der Waals surface area contributed by atoms with Crippen molar-refractivity contribution >= 4 is 38.8 Å². The molecule has 0 fully saturated rings. The maximum Gasteiger partial charge on any atom is 0.166 e. The van der Waals surface area contributed by atoms with Crippen LogP contribution in [-0.2, 0) is 11.2 Å². The highest BCUT2D eigenvalue weighted by Gasteiger charge is 2.05. The summed E-state index contributed by atoms with van der Waals surface area (Å²) in [7, 11) is 1.59. The Morgan fingerprint density at radius 2 is 2.29 bits per heavy atom. The molecule has 1 aromatic heterocycles. The first kappa shape index (κ1) is 9.55. The van der Waals surface area contributed by atoms with Crippen LogP contribution in [0.1, 0.15) is 5.01 Å². The van der Waals surface area contributed by atoms with Gasteiger partial charge in [0.25, 0.3) is 0 Å². The largest absolute Gasteiger partial charge is 0.490 e. The molecule has 0 saturated carbocycles. The molecule has 0 aliphatic rings. The van der Waals surface area contributed by atoms with Gasteiger partial charge in [-0.15, -0.1) is 11.3 Å². The molecule has 0 spiro atoms. The topological polar surface area (TPSA) is 22.1 Å². The quantitative estimate of drug-likeness (QED) is 0.731. The number of aromatic nitrogens is 1. The van der Waals surface area contributed by atoms with Crippen LogP contribution in [0.5, 0.6) is 0 Å². The van der Waals surface area contributed by atoms with E-state index in [4.69, 9.17) is 17.0 Å². The summed E-state index contributed by atoms with van der Waals surface area (Å²) in [4.78, 5) is 4.45. The molecule has 0 atom stereocenters. The van der Waals surface area contributed by atoms with Crippen molar-refractivity contribution in [2.75, 3.05) is 7.11 Å². The highest BCUT2D eigenvalue weighted by molar-refractivity contribution is 7.80. The summed E-state index contributed by atoms with van der Waals surface area (Å²) in [6, 6.07) is 8.07. The first-order chi connectivity index (χ1) is 6.79. The lowest BCUT2D eigenvalue weighted by atomic mass is 10.3. The van der Waals surface area contributed by atoms with E-state index >= 15 is 0 Å². The zero-order valence-corrected chi connectivity index (χ0v) is 9.32. The Bertz CT molecular complexity index is 431. The number of thiazole rings is 1. The summed E-state index contributed by atoms with van der Waals surface area (Å²) in [6.07, 6.45) is 0.630. The number of hydrogen-bond donors (Lipinski definition) is 0. The van der Waals surface area contributed by atoms with Gasteiger partial charge < -0.3 is 4.74 Å². The van der Waals surface area contributed by atoms with Gasteiger partial charge >= 0.3 is 0 Å². The maximum absolute atomic E-state index is 4.99. The molecule has 14 heavy (non-hydrogen) atoms. The molecule has 0 N–H and O–H groups in total. The fourth-order valence-corrected chi connectivity index (χ4v) is 2.39. The van der Waals surface area contributed by atoms with Crippen LogP contribution >= 0.6 is 23.6 Å². The number of ether oxygens (including phenoxy) is 1. The second-order valence-corrected chi connectivity index (χ2v) is 4.40. The Morgan fingerprint density at radius 3 is 3.00 bits per heavy atom. The molecule has 72 valence electrons. The monoisotopic (exact) mass is 223 g/mol. The Morgan fingerprint density at radius 1 is 1.50 bits per heavy atom. The molecule has 1 heterocycles. The van der Waals surface area contributed by atoms with Crippen LogP contribution in [0.4, 0.5) is 0 Å². The number of fused-ring (bicyclic) bond motifs is 1. The van der Waals surface area contributed by atoms with Crippen LogP contribution in [-0.4, -0.2) is 17.1 Å². The first-order valence-electron chi connectivity index (χ1n) is 4.21. The summed E-state index contributed by atoms with van der Waals surface area (Å²) in [5.74, 6) is 0. The minimum absolute atomic E-state index is 0.587. The van der Waals surface area contributed by atoms with E-state index in [0.717, 1.165) is 10.5 Å². The predicted octanol–water partition coefficient (Wildman–Crippen LogP) is 2.81. The van der Waals surface area contributed by atoms with Crippen LogP contribution in [0.3, 0.4) is 0 Å². The number of hydrogen-bond acceptors (Lipinski definition) is 4. The van der Waals surface area contributed by atoms with Crippen molar-refractivity contribution in [1.29, 1.82) is 0 Å². The third-order valence-corrected chi connectivity index (χ3v) is 3.21. The maximum atomic E-state index is 4.99. The molecule has 0 aliphatic carbocycles. The van der Waals surface area contributed by atoms with Crippen molar-refractivity contribution in [3.8, 4) is 0 Å². The summed E-state index contributed by atoms with van der Waals surface area (Å²) in [5, 5.41) is 1.60. The third kappa shape index (κ3) is 1.91. The number of nitrogens with zero attached hydrogens (tertiary/aromatic N) is 1. The second kappa shape index (κ2) is 4.02. The zero-order valence-electron chi connectivity index (χ0n) is 7.69. The molecule has 4 heteroatoms. The highest BCUT2D eigenvalue weighted by Crippen LogP contribution is 2.21. The van der Waals surface area contributed by atoms with Crippen molar-refractivity contribution in [3.05, 3.63) is 29.3 Å². The van der Waals surface area contributed by atoms with Crippen LogP contribution in [0.2, 0.25) is 0 Å². The van der Waals surface area contributed by atoms with Crippen molar-refractivity contribution in [2.45, 2.75) is 6.42 Å². The molecule has 0 amide bonds. The van der Waals surface area contributed by atoms with Gasteiger partial charge in [-0.1, -0.05) is 12.1 Å². The van der Waals surface area contributed by atoms with E-state index in [1.807, 2.05) is 18.2 Å². The Labute approximate surface area is 91.5 Å². The molecule has 2 nitrogen and oxygen atoms in total. The molecule has 0 saturated heterocycles. The van der Waals surface area contributed by atoms with Crippen LogP contribution in [0.15, 0.2) is 24.3 Å². The average molecular weight is 223 g/mol. The van der Waals surface area contributed by atoms with Crippen LogP contribution < -0.4 is 0 Å². The van der Waals surface area contributed by atoms with Gasteiger partial charge in [-0.2, -0.15) is 0 Å². The van der Waals surface area contributed by atoms with Gasteiger partial charge in [0.1, 0.15) is 5.01 Å². The van der Waals surface area contributed by atoms with Gasteiger partial charge in [0.05, 0.1) is 23.7 Å². The minimum Gasteiger partial charge on any atom is -0.490 e. The number of methoxy groups -OCH3 is 1. The Kier molecular flexibility index (Phi) is 2.74. The van der Waals surface area contributed by atoms with Crippen molar-refractivity contribution < 1.29 is 4.74 Å². The SMILES string of the molecule is COC(=S)Cc1nc2ccccc2s1. The van der Waals surface area contributed by atoms with E-state index < -0.39 is 0 Å². The predicted molar refractivity (Wildman–Crippen MR) is 62.9 cm³/mol. The summed E-state index contributed by atoms with van der Waals surface area (Å²) in [5.41, 5.74) is 1.03. The molecule has 2 rings (SSSR count). The van der Waals surface area contributed by atoms with Gasteiger partial charge in [-0.25, -0.2) is 4.98 Å². The summed E-state index contributed by atoms with van der Waals surface area (Å²) in [6.45, 7) is 0. The molecular weight excluding hydrogens is 214 g/mol. The summed E-state index contributed by atoms with van der Waals surface area (Å²) >= 11 is 6.65.